The Bertz CT molecular complexity index is 456. The van der Waals surface area contributed by atoms with Crippen molar-refractivity contribution in [2.45, 2.75) is 13.5 Å². The summed E-state index contributed by atoms with van der Waals surface area (Å²) < 4.78 is 1.76. The summed E-state index contributed by atoms with van der Waals surface area (Å²) in [7, 11) is 1.88. The molecule has 2 aromatic rings. The van der Waals surface area contributed by atoms with Crippen LogP contribution in [-0.4, -0.2) is 14.8 Å². The standard InChI is InChI=1S/C11H14N4/c1-8-3-5-9(6-4-8)11-13-10(7-12)14-15(11)2/h3-6H,7,12H2,1-2H3. The van der Waals surface area contributed by atoms with Crippen LogP contribution in [0.25, 0.3) is 11.4 Å². The maximum absolute atomic E-state index is 5.50. The number of nitrogens with two attached hydrogens (primary N) is 1. The van der Waals surface area contributed by atoms with Crippen molar-refractivity contribution in [2.24, 2.45) is 12.8 Å². The third-order valence-electron chi connectivity index (χ3n) is 2.30. The zero-order chi connectivity index (χ0) is 10.8. The van der Waals surface area contributed by atoms with Crippen molar-refractivity contribution in [2.75, 3.05) is 0 Å². The molecular weight excluding hydrogens is 188 g/mol. The van der Waals surface area contributed by atoms with Crippen molar-refractivity contribution in [3.05, 3.63) is 35.7 Å². The van der Waals surface area contributed by atoms with Crippen LogP contribution < -0.4 is 5.73 Å². The molecule has 0 aliphatic rings. The van der Waals surface area contributed by atoms with E-state index in [1.807, 2.05) is 19.2 Å². The number of aromatic nitrogens is 3. The van der Waals surface area contributed by atoms with Crippen molar-refractivity contribution in [1.82, 2.24) is 14.8 Å². The molecule has 0 spiro atoms. The van der Waals surface area contributed by atoms with Gasteiger partial charge in [0.1, 0.15) is 0 Å². The molecule has 0 unspecified atom stereocenters. The van der Waals surface area contributed by atoms with Crippen molar-refractivity contribution in [3.63, 3.8) is 0 Å². The predicted molar refractivity (Wildman–Crippen MR) is 59.1 cm³/mol. The van der Waals surface area contributed by atoms with Gasteiger partial charge in [0.25, 0.3) is 0 Å². The average Bonchev–Trinajstić information content (AvgIpc) is 2.61. The lowest BCUT2D eigenvalue weighted by atomic mass is 10.1. The highest BCUT2D eigenvalue weighted by molar-refractivity contribution is 5.55. The number of hydrogen-bond donors (Lipinski definition) is 1. The highest BCUT2D eigenvalue weighted by atomic mass is 15.3. The summed E-state index contributed by atoms with van der Waals surface area (Å²) in [5.74, 6) is 1.53. The molecule has 1 heterocycles. The first-order valence-corrected chi connectivity index (χ1v) is 4.87. The van der Waals surface area contributed by atoms with Crippen molar-refractivity contribution in [1.29, 1.82) is 0 Å². The lowest BCUT2D eigenvalue weighted by Gasteiger charge is -1.99. The molecule has 0 saturated heterocycles. The van der Waals surface area contributed by atoms with Crippen LogP contribution in [0.5, 0.6) is 0 Å². The van der Waals surface area contributed by atoms with E-state index in [0.717, 1.165) is 11.4 Å². The van der Waals surface area contributed by atoms with Gasteiger partial charge >= 0.3 is 0 Å². The highest BCUT2D eigenvalue weighted by Crippen LogP contribution is 2.16. The fourth-order valence-corrected chi connectivity index (χ4v) is 1.48. The van der Waals surface area contributed by atoms with Gasteiger partial charge in [-0.25, -0.2) is 9.67 Å². The normalized spacial score (nSPS) is 10.6. The Balaban J connectivity index is 2.44. The lowest BCUT2D eigenvalue weighted by molar-refractivity contribution is 0.749. The molecule has 1 aromatic carbocycles. The van der Waals surface area contributed by atoms with E-state index in [-0.39, 0.29) is 0 Å². The molecule has 0 amide bonds. The van der Waals surface area contributed by atoms with Crippen molar-refractivity contribution in [3.8, 4) is 11.4 Å². The fourth-order valence-electron chi connectivity index (χ4n) is 1.48. The molecule has 0 aliphatic heterocycles. The Kier molecular flexibility index (Phi) is 2.51. The van der Waals surface area contributed by atoms with Crippen molar-refractivity contribution < 1.29 is 0 Å². The Hall–Kier alpha value is -1.68. The van der Waals surface area contributed by atoms with Gasteiger partial charge in [0, 0.05) is 12.6 Å². The molecule has 0 fully saturated rings. The van der Waals surface area contributed by atoms with E-state index >= 15 is 0 Å². The maximum atomic E-state index is 5.50. The molecule has 4 nitrogen and oxygen atoms in total. The molecule has 2 rings (SSSR count). The smallest absolute Gasteiger partial charge is 0.164 e. The summed E-state index contributed by atoms with van der Waals surface area (Å²) in [5.41, 5.74) is 7.80. The van der Waals surface area contributed by atoms with Crippen molar-refractivity contribution >= 4 is 0 Å². The lowest BCUT2D eigenvalue weighted by Crippen LogP contribution is -1.99. The minimum absolute atomic E-state index is 0.375. The predicted octanol–water partition coefficient (Wildman–Crippen LogP) is 1.25. The zero-order valence-corrected chi connectivity index (χ0v) is 8.94. The number of nitrogens with zero attached hydrogens (tertiary/aromatic N) is 3. The Morgan fingerprint density at radius 2 is 1.93 bits per heavy atom. The second kappa shape index (κ2) is 3.82. The summed E-state index contributed by atoms with van der Waals surface area (Å²) in [4.78, 5) is 4.36. The quantitative estimate of drug-likeness (QED) is 0.797. The van der Waals surface area contributed by atoms with E-state index in [1.54, 1.807) is 4.68 Å². The SMILES string of the molecule is Cc1ccc(-c2nc(CN)nn2C)cc1. The fraction of sp³-hybridized carbons (Fsp3) is 0.273. The van der Waals surface area contributed by atoms with Crippen LogP contribution in [0.4, 0.5) is 0 Å². The molecule has 0 atom stereocenters. The average molecular weight is 202 g/mol. The minimum atomic E-state index is 0.375. The van der Waals surface area contributed by atoms with E-state index in [2.05, 4.69) is 29.1 Å². The summed E-state index contributed by atoms with van der Waals surface area (Å²) in [6, 6.07) is 8.21. The highest BCUT2D eigenvalue weighted by Gasteiger charge is 2.07. The number of hydrogen-bond acceptors (Lipinski definition) is 3. The number of aryl methyl sites for hydroxylation is 2. The molecule has 15 heavy (non-hydrogen) atoms. The number of rotatable bonds is 2. The van der Waals surface area contributed by atoms with E-state index < -0.39 is 0 Å². The minimum Gasteiger partial charge on any atom is -0.324 e. The largest absolute Gasteiger partial charge is 0.324 e. The van der Waals surface area contributed by atoms with Gasteiger partial charge in [-0.1, -0.05) is 29.8 Å². The first-order chi connectivity index (χ1) is 7.20. The van der Waals surface area contributed by atoms with Gasteiger partial charge in [-0.05, 0) is 6.92 Å². The van der Waals surface area contributed by atoms with E-state index in [9.17, 15) is 0 Å². The third kappa shape index (κ3) is 1.89. The molecule has 4 heteroatoms. The second-order valence-electron chi connectivity index (χ2n) is 3.55. The summed E-state index contributed by atoms with van der Waals surface area (Å²) in [6.07, 6.45) is 0. The Labute approximate surface area is 88.8 Å². The Morgan fingerprint density at radius 1 is 1.27 bits per heavy atom. The molecule has 2 N–H and O–H groups in total. The molecule has 0 aliphatic carbocycles. The molecular formula is C11H14N4. The van der Waals surface area contributed by atoms with Crippen LogP contribution in [0.1, 0.15) is 11.4 Å². The van der Waals surface area contributed by atoms with E-state index in [1.165, 1.54) is 5.56 Å². The first kappa shape index (κ1) is 9.86. The van der Waals surface area contributed by atoms with Gasteiger partial charge in [-0.3, -0.25) is 0 Å². The van der Waals surface area contributed by atoms with Gasteiger partial charge in [0.15, 0.2) is 11.6 Å². The summed E-state index contributed by atoms with van der Waals surface area (Å²) in [5, 5.41) is 4.21. The van der Waals surface area contributed by atoms with Crippen LogP contribution in [0.2, 0.25) is 0 Å². The van der Waals surface area contributed by atoms with Gasteiger partial charge in [-0.15, -0.1) is 0 Å². The monoisotopic (exact) mass is 202 g/mol. The number of benzene rings is 1. The molecule has 1 aromatic heterocycles. The maximum Gasteiger partial charge on any atom is 0.164 e. The topological polar surface area (TPSA) is 56.7 Å². The van der Waals surface area contributed by atoms with Gasteiger partial charge < -0.3 is 5.73 Å². The first-order valence-electron chi connectivity index (χ1n) is 4.87. The van der Waals surface area contributed by atoms with Crippen LogP contribution in [0, 0.1) is 6.92 Å². The molecule has 0 radical (unpaired) electrons. The zero-order valence-electron chi connectivity index (χ0n) is 8.94. The van der Waals surface area contributed by atoms with E-state index in [0.29, 0.717) is 12.4 Å². The van der Waals surface area contributed by atoms with Gasteiger partial charge in [0.05, 0.1) is 6.54 Å². The summed E-state index contributed by atoms with van der Waals surface area (Å²) in [6.45, 7) is 2.44. The molecule has 0 saturated carbocycles. The molecule has 0 bridgehead atoms. The second-order valence-corrected chi connectivity index (χ2v) is 3.55. The van der Waals surface area contributed by atoms with Crippen LogP contribution in [-0.2, 0) is 13.6 Å². The third-order valence-corrected chi connectivity index (χ3v) is 2.30. The van der Waals surface area contributed by atoms with Crippen LogP contribution in [0.3, 0.4) is 0 Å². The van der Waals surface area contributed by atoms with E-state index in [4.69, 9.17) is 5.73 Å². The Morgan fingerprint density at radius 3 is 2.47 bits per heavy atom. The summed E-state index contributed by atoms with van der Waals surface area (Å²) >= 11 is 0. The van der Waals surface area contributed by atoms with Gasteiger partial charge in [-0.2, -0.15) is 5.10 Å². The van der Waals surface area contributed by atoms with Gasteiger partial charge in [0.2, 0.25) is 0 Å². The van der Waals surface area contributed by atoms with Crippen LogP contribution in [0.15, 0.2) is 24.3 Å². The van der Waals surface area contributed by atoms with Crippen LogP contribution >= 0.6 is 0 Å². The molecule has 78 valence electrons.